The third-order valence-corrected chi connectivity index (χ3v) is 2.53. The smallest absolute Gasteiger partial charge is 0.202 e. The first-order chi connectivity index (χ1) is 7.88. The first kappa shape index (κ1) is 13.0. The van der Waals surface area contributed by atoms with Gasteiger partial charge in [-0.3, -0.25) is 0 Å². The zero-order valence-corrected chi connectivity index (χ0v) is 10.4. The molecule has 0 aliphatic rings. The maximum absolute atomic E-state index is 5.03. The molecule has 0 aromatic carbocycles. The molecule has 0 spiro atoms. The van der Waals surface area contributed by atoms with Crippen molar-refractivity contribution in [1.29, 1.82) is 0 Å². The van der Waals surface area contributed by atoms with Crippen molar-refractivity contribution in [2.45, 2.75) is 39.2 Å². The normalized spacial score (nSPS) is 10.6. The fraction of sp³-hybridized carbons (Fsp3) is 0.750. The molecule has 1 rings (SSSR count). The summed E-state index contributed by atoms with van der Waals surface area (Å²) in [5, 5.41) is 3.36. The van der Waals surface area contributed by atoms with E-state index in [0.29, 0.717) is 0 Å². The number of anilines is 1. The number of imidazole rings is 1. The number of aryl methyl sites for hydroxylation is 1. The molecule has 0 saturated heterocycles. The van der Waals surface area contributed by atoms with E-state index in [1.165, 1.54) is 12.8 Å². The van der Waals surface area contributed by atoms with Crippen LogP contribution < -0.4 is 5.32 Å². The summed E-state index contributed by atoms with van der Waals surface area (Å²) >= 11 is 0. The van der Waals surface area contributed by atoms with Crippen molar-refractivity contribution in [2.75, 3.05) is 25.6 Å². The van der Waals surface area contributed by atoms with Crippen LogP contribution >= 0.6 is 0 Å². The Morgan fingerprint density at radius 1 is 1.38 bits per heavy atom. The summed E-state index contributed by atoms with van der Waals surface area (Å²) in [5.41, 5.74) is 0. The molecule has 92 valence electrons. The Morgan fingerprint density at radius 3 is 3.00 bits per heavy atom. The van der Waals surface area contributed by atoms with Gasteiger partial charge in [-0.2, -0.15) is 0 Å². The van der Waals surface area contributed by atoms with Crippen molar-refractivity contribution >= 4 is 5.95 Å². The Balaban J connectivity index is 2.26. The van der Waals surface area contributed by atoms with Gasteiger partial charge < -0.3 is 14.6 Å². The molecule has 0 saturated carbocycles. The zero-order valence-electron chi connectivity index (χ0n) is 10.4. The molecule has 1 aromatic rings. The fourth-order valence-electron chi connectivity index (χ4n) is 1.56. The van der Waals surface area contributed by atoms with Crippen LogP contribution in [0.3, 0.4) is 0 Å². The van der Waals surface area contributed by atoms with Crippen molar-refractivity contribution in [1.82, 2.24) is 9.55 Å². The van der Waals surface area contributed by atoms with E-state index < -0.39 is 0 Å². The lowest BCUT2D eigenvalue weighted by molar-refractivity contribution is 0.191. The average molecular weight is 225 g/mol. The molecule has 16 heavy (non-hydrogen) atoms. The minimum atomic E-state index is 0.841. The second-order valence-electron chi connectivity index (χ2n) is 3.92. The molecule has 0 atom stereocenters. The van der Waals surface area contributed by atoms with Crippen LogP contribution in [0, 0.1) is 0 Å². The number of ether oxygens (including phenoxy) is 1. The molecule has 1 heterocycles. The predicted molar refractivity (Wildman–Crippen MR) is 66.7 cm³/mol. The third-order valence-electron chi connectivity index (χ3n) is 2.53. The Labute approximate surface area is 98.0 Å². The van der Waals surface area contributed by atoms with Crippen LogP contribution in [0.1, 0.15) is 32.6 Å². The molecule has 0 unspecified atom stereocenters. The van der Waals surface area contributed by atoms with Crippen molar-refractivity contribution in [3.63, 3.8) is 0 Å². The average Bonchev–Trinajstić information content (AvgIpc) is 2.73. The number of aromatic nitrogens is 2. The Bertz CT molecular complexity index is 273. The Morgan fingerprint density at radius 2 is 2.25 bits per heavy atom. The van der Waals surface area contributed by atoms with Gasteiger partial charge in [0.25, 0.3) is 0 Å². The largest absolute Gasteiger partial charge is 0.385 e. The van der Waals surface area contributed by atoms with Crippen LogP contribution in [0.4, 0.5) is 5.95 Å². The number of methoxy groups -OCH3 is 1. The summed E-state index contributed by atoms with van der Waals surface area (Å²) in [6.07, 6.45) is 8.51. The van der Waals surface area contributed by atoms with E-state index in [1.807, 2.05) is 12.4 Å². The van der Waals surface area contributed by atoms with E-state index in [4.69, 9.17) is 4.74 Å². The van der Waals surface area contributed by atoms with Crippen LogP contribution in [0.15, 0.2) is 12.4 Å². The molecule has 0 bridgehead atoms. The zero-order chi connectivity index (χ0) is 11.6. The molecule has 0 aliphatic carbocycles. The topological polar surface area (TPSA) is 39.1 Å². The summed E-state index contributed by atoms with van der Waals surface area (Å²) < 4.78 is 7.20. The van der Waals surface area contributed by atoms with Gasteiger partial charge in [0.15, 0.2) is 0 Å². The molecule has 0 radical (unpaired) electrons. The summed E-state index contributed by atoms with van der Waals surface area (Å²) in [5.74, 6) is 0.992. The minimum Gasteiger partial charge on any atom is -0.385 e. The molecular formula is C12H23N3O. The lowest BCUT2D eigenvalue weighted by Gasteiger charge is -2.09. The third kappa shape index (κ3) is 4.66. The van der Waals surface area contributed by atoms with Crippen LogP contribution in [-0.2, 0) is 11.3 Å². The van der Waals surface area contributed by atoms with Crippen LogP contribution in [-0.4, -0.2) is 29.8 Å². The number of unbranched alkanes of at least 4 members (excludes halogenated alkanes) is 2. The maximum Gasteiger partial charge on any atom is 0.202 e. The molecule has 0 fully saturated rings. The second kappa shape index (κ2) is 8.16. The van der Waals surface area contributed by atoms with Crippen LogP contribution in [0.25, 0.3) is 0 Å². The van der Waals surface area contributed by atoms with Crippen molar-refractivity contribution < 1.29 is 4.74 Å². The van der Waals surface area contributed by atoms with E-state index in [2.05, 4.69) is 21.8 Å². The summed E-state index contributed by atoms with van der Waals surface area (Å²) in [6.45, 7) is 5.05. The SMILES string of the molecule is CCCCNc1nccn1CCCCOC. The molecule has 1 N–H and O–H groups in total. The lowest BCUT2D eigenvalue weighted by Crippen LogP contribution is -2.09. The molecular weight excluding hydrogens is 202 g/mol. The van der Waals surface area contributed by atoms with Gasteiger partial charge in [-0.1, -0.05) is 13.3 Å². The molecule has 0 aliphatic heterocycles. The number of rotatable bonds is 9. The fourth-order valence-corrected chi connectivity index (χ4v) is 1.56. The van der Waals surface area contributed by atoms with E-state index >= 15 is 0 Å². The second-order valence-corrected chi connectivity index (χ2v) is 3.92. The molecule has 4 heteroatoms. The Hall–Kier alpha value is -1.03. The van der Waals surface area contributed by atoms with E-state index in [-0.39, 0.29) is 0 Å². The first-order valence-corrected chi connectivity index (χ1v) is 6.12. The first-order valence-electron chi connectivity index (χ1n) is 6.12. The highest BCUT2D eigenvalue weighted by atomic mass is 16.5. The quantitative estimate of drug-likeness (QED) is 0.656. The number of hydrogen-bond acceptors (Lipinski definition) is 3. The van der Waals surface area contributed by atoms with E-state index in [0.717, 1.165) is 38.5 Å². The summed E-state index contributed by atoms with van der Waals surface area (Å²) in [7, 11) is 1.74. The molecule has 0 amide bonds. The van der Waals surface area contributed by atoms with Crippen LogP contribution in [0.5, 0.6) is 0 Å². The van der Waals surface area contributed by atoms with Gasteiger partial charge in [0.2, 0.25) is 5.95 Å². The summed E-state index contributed by atoms with van der Waals surface area (Å²) in [4.78, 5) is 4.31. The molecule has 1 aromatic heterocycles. The van der Waals surface area contributed by atoms with Gasteiger partial charge in [0.05, 0.1) is 0 Å². The lowest BCUT2D eigenvalue weighted by atomic mass is 10.3. The standard InChI is InChI=1S/C12H23N3O/c1-3-4-7-13-12-14-8-10-15(12)9-5-6-11-16-2/h8,10H,3-7,9,11H2,1-2H3,(H,13,14). The van der Waals surface area contributed by atoms with Crippen molar-refractivity contribution in [3.8, 4) is 0 Å². The van der Waals surface area contributed by atoms with Gasteiger partial charge in [0, 0.05) is 39.2 Å². The highest BCUT2D eigenvalue weighted by molar-refractivity contribution is 5.25. The van der Waals surface area contributed by atoms with Gasteiger partial charge >= 0.3 is 0 Å². The highest BCUT2D eigenvalue weighted by Crippen LogP contribution is 2.06. The van der Waals surface area contributed by atoms with Gasteiger partial charge in [0.1, 0.15) is 0 Å². The number of nitrogens with one attached hydrogen (secondary N) is 1. The van der Waals surface area contributed by atoms with Crippen molar-refractivity contribution in [2.24, 2.45) is 0 Å². The summed E-state index contributed by atoms with van der Waals surface area (Å²) in [6, 6.07) is 0. The van der Waals surface area contributed by atoms with Gasteiger partial charge in [-0.25, -0.2) is 4.98 Å². The maximum atomic E-state index is 5.03. The van der Waals surface area contributed by atoms with Crippen LogP contribution in [0.2, 0.25) is 0 Å². The van der Waals surface area contributed by atoms with Gasteiger partial charge in [-0.15, -0.1) is 0 Å². The Kier molecular flexibility index (Phi) is 6.65. The predicted octanol–water partition coefficient (Wildman–Crippen LogP) is 2.52. The molecule has 4 nitrogen and oxygen atoms in total. The minimum absolute atomic E-state index is 0.841. The number of hydrogen-bond donors (Lipinski definition) is 1. The van der Waals surface area contributed by atoms with E-state index in [9.17, 15) is 0 Å². The van der Waals surface area contributed by atoms with Crippen molar-refractivity contribution in [3.05, 3.63) is 12.4 Å². The van der Waals surface area contributed by atoms with Gasteiger partial charge in [-0.05, 0) is 19.3 Å². The van der Waals surface area contributed by atoms with E-state index in [1.54, 1.807) is 7.11 Å². The monoisotopic (exact) mass is 225 g/mol. The highest BCUT2D eigenvalue weighted by Gasteiger charge is 2.00. The number of nitrogens with zero attached hydrogens (tertiary/aromatic N) is 2.